The fraction of sp³-hybridized carbons (Fsp3) is 0.133. The van der Waals surface area contributed by atoms with Gasteiger partial charge in [-0.15, -0.1) is 0 Å². The van der Waals surface area contributed by atoms with Crippen LogP contribution in [-0.2, 0) is 6.42 Å². The Morgan fingerprint density at radius 3 is 2.56 bits per heavy atom. The van der Waals surface area contributed by atoms with E-state index in [1.54, 1.807) is 36.4 Å². The third kappa shape index (κ3) is 2.28. The lowest BCUT2D eigenvalue weighted by Crippen LogP contribution is -1.92. The van der Waals surface area contributed by atoms with Gasteiger partial charge in [0, 0.05) is 5.56 Å². The summed E-state index contributed by atoms with van der Waals surface area (Å²) < 4.78 is 5.72. The van der Waals surface area contributed by atoms with Crippen molar-refractivity contribution in [2.24, 2.45) is 0 Å². The van der Waals surface area contributed by atoms with Crippen molar-refractivity contribution >= 4 is 0 Å². The second-order valence-corrected chi connectivity index (χ2v) is 3.82. The zero-order valence-corrected chi connectivity index (χ0v) is 10.1. The van der Waals surface area contributed by atoms with Crippen molar-refractivity contribution in [2.45, 2.75) is 13.3 Å². The molecule has 0 amide bonds. The van der Waals surface area contributed by atoms with E-state index >= 15 is 0 Å². The largest absolute Gasteiger partial charge is 0.508 e. The number of aromatic hydroxyl groups is 1. The molecule has 2 aromatic carbocycles. The highest BCUT2D eigenvalue weighted by molar-refractivity contribution is 5.49. The number of phenolic OH excluding ortho intramolecular Hbond substituents is 1. The molecular formula is C15H13NO2. The number of hydrogen-bond acceptors (Lipinski definition) is 3. The highest BCUT2D eigenvalue weighted by Crippen LogP contribution is 2.32. The van der Waals surface area contributed by atoms with Gasteiger partial charge in [0.2, 0.25) is 0 Å². The highest BCUT2D eigenvalue weighted by atomic mass is 16.5. The van der Waals surface area contributed by atoms with E-state index in [-0.39, 0.29) is 5.75 Å². The average Bonchev–Trinajstić information content (AvgIpc) is 2.40. The van der Waals surface area contributed by atoms with Crippen LogP contribution in [0.3, 0.4) is 0 Å². The Morgan fingerprint density at radius 2 is 1.83 bits per heavy atom. The van der Waals surface area contributed by atoms with Gasteiger partial charge >= 0.3 is 0 Å². The SMILES string of the molecule is CCc1c(O)cccc1Oc1ccccc1C#N. The van der Waals surface area contributed by atoms with E-state index < -0.39 is 0 Å². The van der Waals surface area contributed by atoms with Crippen LogP contribution in [0.5, 0.6) is 17.2 Å². The number of phenols is 1. The van der Waals surface area contributed by atoms with Crippen molar-refractivity contribution in [2.75, 3.05) is 0 Å². The summed E-state index contributed by atoms with van der Waals surface area (Å²) in [6.07, 6.45) is 0.663. The summed E-state index contributed by atoms with van der Waals surface area (Å²) in [4.78, 5) is 0. The van der Waals surface area contributed by atoms with Crippen LogP contribution in [0.4, 0.5) is 0 Å². The van der Waals surface area contributed by atoms with Gasteiger partial charge in [0.25, 0.3) is 0 Å². The monoisotopic (exact) mass is 239 g/mol. The van der Waals surface area contributed by atoms with Gasteiger partial charge < -0.3 is 9.84 Å². The summed E-state index contributed by atoms with van der Waals surface area (Å²) in [7, 11) is 0. The molecule has 0 spiro atoms. The standard InChI is InChI=1S/C15H13NO2/c1-2-12-13(17)7-5-9-15(12)18-14-8-4-3-6-11(14)10-16/h3-9,17H,2H2,1H3. The zero-order chi connectivity index (χ0) is 13.0. The molecule has 0 radical (unpaired) electrons. The smallest absolute Gasteiger partial charge is 0.145 e. The summed E-state index contributed by atoms with van der Waals surface area (Å²) in [5, 5.41) is 18.7. The van der Waals surface area contributed by atoms with E-state index in [0.29, 0.717) is 23.5 Å². The molecule has 0 bridgehead atoms. The van der Waals surface area contributed by atoms with Gasteiger partial charge in [-0.1, -0.05) is 25.1 Å². The quantitative estimate of drug-likeness (QED) is 0.890. The molecule has 3 nitrogen and oxygen atoms in total. The second-order valence-electron chi connectivity index (χ2n) is 3.82. The molecular weight excluding hydrogens is 226 g/mol. The van der Waals surface area contributed by atoms with Crippen molar-refractivity contribution in [3.05, 3.63) is 53.6 Å². The van der Waals surface area contributed by atoms with Gasteiger partial charge in [-0.05, 0) is 30.7 Å². The van der Waals surface area contributed by atoms with Crippen LogP contribution < -0.4 is 4.74 Å². The molecule has 2 aromatic rings. The Kier molecular flexibility index (Phi) is 3.49. The van der Waals surface area contributed by atoms with Crippen LogP contribution in [0.25, 0.3) is 0 Å². The molecule has 1 N–H and O–H groups in total. The lowest BCUT2D eigenvalue weighted by atomic mass is 10.1. The molecule has 0 aliphatic carbocycles. The summed E-state index contributed by atoms with van der Waals surface area (Å²) in [6.45, 7) is 1.94. The zero-order valence-electron chi connectivity index (χ0n) is 10.1. The predicted molar refractivity (Wildman–Crippen MR) is 68.7 cm³/mol. The maximum absolute atomic E-state index is 9.75. The van der Waals surface area contributed by atoms with Gasteiger partial charge in [0.15, 0.2) is 0 Å². The molecule has 0 fully saturated rings. The molecule has 0 aromatic heterocycles. The summed E-state index contributed by atoms with van der Waals surface area (Å²) >= 11 is 0. The Morgan fingerprint density at radius 1 is 1.11 bits per heavy atom. The van der Waals surface area contributed by atoms with Crippen molar-refractivity contribution < 1.29 is 9.84 Å². The van der Waals surface area contributed by atoms with Gasteiger partial charge in [0.05, 0.1) is 5.56 Å². The number of para-hydroxylation sites is 1. The molecule has 18 heavy (non-hydrogen) atoms. The number of nitriles is 1. The van der Waals surface area contributed by atoms with Gasteiger partial charge in [-0.2, -0.15) is 5.26 Å². The summed E-state index contributed by atoms with van der Waals surface area (Å²) in [5.74, 6) is 1.30. The average molecular weight is 239 g/mol. The fourth-order valence-electron chi connectivity index (χ4n) is 1.77. The number of benzene rings is 2. The predicted octanol–water partition coefficient (Wildman–Crippen LogP) is 3.62. The van der Waals surface area contributed by atoms with Crippen molar-refractivity contribution in [1.82, 2.24) is 0 Å². The third-order valence-electron chi connectivity index (χ3n) is 2.69. The van der Waals surface area contributed by atoms with Gasteiger partial charge in [-0.25, -0.2) is 0 Å². The van der Waals surface area contributed by atoms with Crippen LogP contribution in [0, 0.1) is 11.3 Å². The topological polar surface area (TPSA) is 53.2 Å². The van der Waals surface area contributed by atoms with Gasteiger partial charge in [-0.3, -0.25) is 0 Å². The first-order valence-electron chi connectivity index (χ1n) is 5.74. The normalized spacial score (nSPS) is 9.78. The number of hydrogen-bond donors (Lipinski definition) is 1. The minimum atomic E-state index is 0.212. The molecule has 90 valence electrons. The molecule has 3 heteroatoms. The summed E-state index contributed by atoms with van der Waals surface area (Å²) in [5.41, 5.74) is 1.22. The molecule has 0 aliphatic rings. The highest BCUT2D eigenvalue weighted by Gasteiger charge is 2.09. The molecule has 0 saturated heterocycles. The Labute approximate surface area is 106 Å². The van der Waals surface area contributed by atoms with Crippen molar-refractivity contribution in [3.63, 3.8) is 0 Å². The van der Waals surface area contributed by atoms with E-state index in [9.17, 15) is 5.11 Å². The van der Waals surface area contributed by atoms with Crippen LogP contribution in [0.2, 0.25) is 0 Å². The van der Waals surface area contributed by atoms with Crippen molar-refractivity contribution in [1.29, 1.82) is 5.26 Å². The molecule has 0 atom stereocenters. The molecule has 0 aliphatic heterocycles. The van der Waals surface area contributed by atoms with Crippen LogP contribution in [0.1, 0.15) is 18.1 Å². The first-order chi connectivity index (χ1) is 8.76. The number of nitrogens with zero attached hydrogens (tertiary/aromatic N) is 1. The van der Waals surface area contributed by atoms with Crippen LogP contribution in [0.15, 0.2) is 42.5 Å². The van der Waals surface area contributed by atoms with Gasteiger partial charge in [0.1, 0.15) is 23.3 Å². The van der Waals surface area contributed by atoms with Crippen LogP contribution >= 0.6 is 0 Å². The fourth-order valence-corrected chi connectivity index (χ4v) is 1.77. The first-order valence-corrected chi connectivity index (χ1v) is 5.74. The Balaban J connectivity index is 2.41. The molecule has 2 rings (SSSR count). The minimum absolute atomic E-state index is 0.212. The van der Waals surface area contributed by atoms with E-state index in [4.69, 9.17) is 10.00 Å². The van der Waals surface area contributed by atoms with E-state index in [0.717, 1.165) is 5.56 Å². The minimum Gasteiger partial charge on any atom is -0.508 e. The van der Waals surface area contributed by atoms with E-state index in [2.05, 4.69) is 6.07 Å². The third-order valence-corrected chi connectivity index (χ3v) is 2.69. The van der Waals surface area contributed by atoms with Crippen molar-refractivity contribution in [3.8, 4) is 23.3 Å². The van der Waals surface area contributed by atoms with E-state index in [1.165, 1.54) is 0 Å². The van der Waals surface area contributed by atoms with E-state index in [1.807, 2.05) is 13.0 Å². The lowest BCUT2D eigenvalue weighted by molar-refractivity contribution is 0.444. The summed E-state index contributed by atoms with van der Waals surface area (Å²) in [6, 6.07) is 14.2. The molecule has 0 unspecified atom stereocenters. The van der Waals surface area contributed by atoms with Crippen LogP contribution in [-0.4, -0.2) is 5.11 Å². The Bertz CT molecular complexity index is 600. The lowest BCUT2D eigenvalue weighted by Gasteiger charge is -2.12. The second kappa shape index (κ2) is 5.24. The number of ether oxygens (including phenoxy) is 1. The molecule has 0 saturated carbocycles. The maximum Gasteiger partial charge on any atom is 0.145 e. The maximum atomic E-state index is 9.75. The first kappa shape index (κ1) is 12.0. The molecule has 0 heterocycles. The number of rotatable bonds is 3. The Hall–Kier alpha value is -2.47.